The molecule has 40 heavy (non-hydrogen) atoms. The van der Waals surface area contributed by atoms with E-state index in [2.05, 4.69) is 26.2 Å². The van der Waals surface area contributed by atoms with Crippen molar-refractivity contribution >= 4 is 50.8 Å². The molecular weight excluding hydrogens is 619 g/mol. The lowest BCUT2D eigenvalue weighted by Gasteiger charge is -2.25. The van der Waals surface area contributed by atoms with Crippen LogP contribution in [-0.4, -0.2) is 33.8 Å². The van der Waals surface area contributed by atoms with E-state index < -0.39 is 12.0 Å². The smallest absolute Gasteiger partial charge is 0.358 e. The number of carbonyl (C=O) groups is 1. The number of hydrogen-bond acceptors (Lipinski definition) is 6. The van der Waals surface area contributed by atoms with Gasteiger partial charge in [-0.15, -0.1) is 0 Å². The molecule has 4 aromatic rings. The third kappa shape index (κ3) is 6.54. The number of hydrogen-bond donors (Lipinski definition) is 1. The van der Waals surface area contributed by atoms with Gasteiger partial charge in [0.15, 0.2) is 10.4 Å². The molecule has 11 heteroatoms. The minimum atomic E-state index is -0.583. The molecule has 0 aliphatic heterocycles. The highest BCUT2D eigenvalue weighted by Gasteiger charge is 2.31. The number of aromatic nitrogens is 3. The van der Waals surface area contributed by atoms with Crippen molar-refractivity contribution in [2.75, 3.05) is 19.0 Å². The lowest BCUT2D eigenvalue weighted by molar-refractivity contribution is 0.0518. The Morgan fingerprint density at radius 1 is 1.10 bits per heavy atom. The molecule has 0 amide bonds. The van der Waals surface area contributed by atoms with Gasteiger partial charge in [0.1, 0.15) is 10.8 Å². The highest BCUT2D eigenvalue weighted by atomic mass is 79.9. The first-order valence-electron chi connectivity index (χ1n) is 12.6. The molecule has 1 N–H and O–H groups in total. The molecule has 4 rings (SSSR count). The van der Waals surface area contributed by atoms with Crippen molar-refractivity contribution in [1.82, 2.24) is 14.1 Å². The molecule has 0 fully saturated rings. The molecule has 0 saturated heterocycles. The lowest BCUT2D eigenvalue weighted by atomic mass is 10.0. The maximum atomic E-state index is 13.1. The van der Waals surface area contributed by atoms with Crippen LogP contribution in [0.5, 0.6) is 5.75 Å². The van der Waals surface area contributed by atoms with E-state index in [4.69, 9.17) is 32.7 Å². The van der Waals surface area contributed by atoms with Crippen LogP contribution in [-0.2, 0) is 11.3 Å². The van der Waals surface area contributed by atoms with Crippen molar-refractivity contribution in [1.29, 1.82) is 0 Å². The van der Waals surface area contributed by atoms with Crippen LogP contribution in [0, 0.1) is 0 Å². The van der Waals surface area contributed by atoms with Gasteiger partial charge in [0.05, 0.1) is 37.7 Å². The van der Waals surface area contributed by atoms with Crippen LogP contribution in [0.15, 0.2) is 70.3 Å². The van der Waals surface area contributed by atoms with Crippen LogP contribution < -0.4 is 15.6 Å². The van der Waals surface area contributed by atoms with E-state index >= 15 is 0 Å². The molecular formula is C29H29BrCl2N4O4. The van der Waals surface area contributed by atoms with E-state index in [1.807, 2.05) is 54.8 Å². The predicted molar refractivity (Wildman–Crippen MR) is 161 cm³/mol. The molecule has 0 aliphatic carbocycles. The van der Waals surface area contributed by atoms with Gasteiger partial charge in [-0.1, -0.05) is 47.5 Å². The summed E-state index contributed by atoms with van der Waals surface area (Å²) in [5.74, 6) is 0.182. The summed E-state index contributed by atoms with van der Waals surface area (Å²) in [6.45, 7) is 6.24. The minimum Gasteiger partial charge on any atom is -0.497 e. The normalized spacial score (nSPS) is 11.9. The topological polar surface area (TPSA) is 87.4 Å². The zero-order valence-corrected chi connectivity index (χ0v) is 25.5. The number of benzene rings is 2. The van der Waals surface area contributed by atoms with Crippen molar-refractivity contribution < 1.29 is 14.3 Å². The maximum Gasteiger partial charge on any atom is 0.358 e. The molecule has 8 nitrogen and oxygen atoms in total. The second-order valence-electron chi connectivity index (χ2n) is 9.29. The van der Waals surface area contributed by atoms with Gasteiger partial charge in [0.25, 0.3) is 5.56 Å². The molecule has 1 unspecified atom stereocenters. The van der Waals surface area contributed by atoms with E-state index in [1.54, 1.807) is 38.4 Å². The van der Waals surface area contributed by atoms with Crippen LogP contribution >= 0.6 is 39.1 Å². The largest absolute Gasteiger partial charge is 0.497 e. The number of methoxy groups -OCH3 is 1. The van der Waals surface area contributed by atoms with Crippen LogP contribution in [0.4, 0.5) is 5.69 Å². The number of esters is 1. The van der Waals surface area contributed by atoms with Gasteiger partial charge in [0.2, 0.25) is 0 Å². The van der Waals surface area contributed by atoms with E-state index in [-0.39, 0.29) is 28.9 Å². The number of ether oxygens (including phenoxy) is 2. The molecule has 2 heterocycles. The zero-order valence-electron chi connectivity index (χ0n) is 22.5. The van der Waals surface area contributed by atoms with Gasteiger partial charge >= 0.3 is 5.97 Å². The first-order valence-corrected chi connectivity index (χ1v) is 14.2. The zero-order chi connectivity index (χ0) is 29.0. The van der Waals surface area contributed by atoms with E-state index in [9.17, 15) is 9.59 Å². The second-order valence-corrected chi connectivity index (χ2v) is 10.8. The Kier molecular flexibility index (Phi) is 9.60. The summed E-state index contributed by atoms with van der Waals surface area (Å²) < 4.78 is 14.5. The van der Waals surface area contributed by atoms with Crippen molar-refractivity contribution in [3.63, 3.8) is 0 Å². The Hall–Kier alpha value is -3.27. The first kappa shape index (κ1) is 29.7. The van der Waals surface area contributed by atoms with E-state index in [0.717, 1.165) is 16.9 Å². The lowest BCUT2D eigenvalue weighted by Crippen LogP contribution is -2.24. The number of carbonyl (C=O) groups excluding carboxylic acids is 1. The van der Waals surface area contributed by atoms with Gasteiger partial charge in [-0.2, -0.15) is 0 Å². The van der Waals surface area contributed by atoms with E-state index in [0.29, 0.717) is 27.7 Å². The van der Waals surface area contributed by atoms with Crippen molar-refractivity contribution in [3.05, 3.63) is 108 Å². The standard InChI is InChI=1S/C29H29BrCl2N4O4/c1-5-40-28(38)25-26(36(17(2)3)29(30)34-25)24(19-8-10-20(31)11-9-19)33-21-14-23(32)27(37)35(16-21)15-18-6-12-22(39-4)13-7-18/h6-14,16-17,24,33H,5,15H2,1-4H3. The van der Waals surface area contributed by atoms with Crippen LogP contribution in [0.1, 0.15) is 60.2 Å². The monoisotopic (exact) mass is 646 g/mol. The summed E-state index contributed by atoms with van der Waals surface area (Å²) in [5, 5.41) is 4.12. The minimum absolute atomic E-state index is 0.0516. The third-order valence-corrected chi connectivity index (χ3v) is 7.31. The number of rotatable bonds is 10. The van der Waals surface area contributed by atoms with Crippen molar-refractivity contribution in [2.45, 2.75) is 39.4 Å². The Labute approximate surface area is 251 Å². The number of anilines is 1. The molecule has 1 atom stereocenters. The summed E-state index contributed by atoms with van der Waals surface area (Å²) in [6.07, 6.45) is 1.70. The van der Waals surface area contributed by atoms with Crippen LogP contribution in [0.3, 0.4) is 0 Å². The fraction of sp³-hybridized carbons (Fsp3) is 0.276. The van der Waals surface area contributed by atoms with Crippen LogP contribution in [0.2, 0.25) is 10.0 Å². The third-order valence-electron chi connectivity index (χ3n) is 6.23. The van der Waals surface area contributed by atoms with Gasteiger partial charge in [-0.3, -0.25) is 4.79 Å². The molecule has 0 radical (unpaired) electrons. The number of halogens is 3. The number of imidazole rings is 1. The molecule has 0 saturated carbocycles. The SMILES string of the molecule is CCOC(=O)c1nc(Br)n(C(C)C)c1C(Nc1cc(Cl)c(=O)n(Cc2ccc(OC)cc2)c1)c1ccc(Cl)cc1. The average Bonchev–Trinajstić information content (AvgIpc) is 3.28. The quantitative estimate of drug-likeness (QED) is 0.184. The average molecular weight is 648 g/mol. The molecule has 210 valence electrons. The van der Waals surface area contributed by atoms with Crippen molar-refractivity contribution in [2.24, 2.45) is 0 Å². The summed E-state index contributed by atoms with van der Waals surface area (Å²) in [4.78, 5) is 30.5. The summed E-state index contributed by atoms with van der Waals surface area (Å²) >= 11 is 16.2. The summed E-state index contributed by atoms with van der Waals surface area (Å²) in [7, 11) is 1.60. The second kappa shape index (κ2) is 12.9. The molecule has 2 aromatic carbocycles. The van der Waals surface area contributed by atoms with Gasteiger partial charge < -0.3 is 23.9 Å². The Morgan fingerprint density at radius 2 is 1.77 bits per heavy atom. The Balaban J connectivity index is 1.84. The highest BCUT2D eigenvalue weighted by molar-refractivity contribution is 9.10. The number of pyridine rings is 1. The summed E-state index contributed by atoms with van der Waals surface area (Å²) in [5.41, 5.74) is 2.72. The molecule has 0 spiro atoms. The van der Waals surface area contributed by atoms with Crippen LogP contribution in [0.25, 0.3) is 0 Å². The number of nitrogens with zero attached hydrogens (tertiary/aromatic N) is 3. The van der Waals surface area contributed by atoms with Gasteiger partial charge in [0, 0.05) is 17.3 Å². The van der Waals surface area contributed by atoms with Gasteiger partial charge in [-0.05, 0) is 78.2 Å². The molecule has 0 aliphatic rings. The maximum absolute atomic E-state index is 13.1. The summed E-state index contributed by atoms with van der Waals surface area (Å²) in [6, 6.07) is 15.7. The van der Waals surface area contributed by atoms with E-state index in [1.165, 1.54) is 4.57 Å². The molecule has 2 aromatic heterocycles. The number of nitrogens with one attached hydrogen (secondary N) is 1. The Morgan fingerprint density at radius 3 is 2.38 bits per heavy atom. The highest BCUT2D eigenvalue weighted by Crippen LogP contribution is 2.35. The fourth-order valence-electron chi connectivity index (χ4n) is 4.39. The first-order chi connectivity index (χ1) is 19.1. The molecule has 0 bridgehead atoms. The Bertz CT molecular complexity index is 1550. The van der Waals surface area contributed by atoms with Crippen molar-refractivity contribution in [3.8, 4) is 5.75 Å². The fourth-order valence-corrected chi connectivity index (χ4v) is 5.52. The predicted octanol–water partition coefficient (Wildman–Crippen LogP) is 7.13. The van der Waals surface area contributed by atoms with Gasteiger partial charge in [-0.25, -0.2) is 9.78 Å².